The first-order valence-electron chi connectivity index (χ1n) is 7.17. The standard InChI is InChI=1S/C17H16FNO2S2/c1-11-15(19-17(21-11)16-4-3-9-22-16)10-23(20)12(2)13-5-7-14(18)8-6-13/h3-9,12H,10H2,1-2H3/t12-,23-/m0/s1. The summed E-state index contributed by atoms with van der Waals surface area (Å²) in [7, 11) is -1.16. The van der Waals surface area contributed by atoms with Crippen LogP contribution in [0.15, 0.2) is 46.2 Å². The molecule has 0 unspecified atom stereocenters. The van der Waals surface area contributed by atoms with Crippen LogP contribution in [-0.2, 0) is 16.6 Å². The second-order valence-corrected chi connectivity index (χ2v) is 7.92. The van der Waals surface area contributed by atoms with Crippen LogP contribution in [0.25, 0.3) is 10.8 Å². The number of oxazole rings is 1. The van der Waals surface area contributed by atoms with Gasteiger partial charge in [0.25, 0.3) is 0 Å². The van der Waals surface area contributed by atoms with Crippen molar-refractivity contribution >= 4 is 22.1 Å². The number of thiophene rings is 1. The summed E-state index contributed by atoms with van der Waals surface area (Å²) < 4.78 is 31.3. The van der Waals surface area contributed by atoms with Gasteiger partial charge in [-0.1, -0.05) is 18.2 Å². The molecule has 0 spiro atoms. The van der Waals surface area contributed by atoms with Gasteiger partial charge in [-0.3, -0.25) is 4.21 Å². The van der Waals surface area contributed by atoms with E-state index in [4.69, 9.17) is 4.42 Å². The highest BCUT2D eigenvalue weighted by molar-refractivity contribution is 7.84. The molecule has 1 aromatic carbocycles. The van der Waals surface area contributed by atoms with Crippen molar-refractivity contribution in [2.24, 2.45) is 0 Å². The van der Waals surface area contributed by atoms with Gasteiger partial charge in [0.15, 0.2) is 0 Å². The predicted octanol–water partition coefficient (Wildman–Crippen LogP) is 4.86. The molecule has 0 radical (unpaired) electrons. The van der Waals surface area contributed by atoms with Crippen molar-refractivity contribution in [3.63, 3.8) is 0 Å². The average molecular weight is 349 g/mol. The molecule has 2 heterocycles. The Kier molecular flexibility index (Phi) is 4.73. The number of benzene rings is 1. The Balaban J connectivity index is 1.76. The Morgan fingerprint density at radius 3 is 2.70 bits per heavy atom. The molecule has 0 bridgehead atoms. The van der Waals surface area contributed by atoms with E-state index in [1.165, 1.54) is 12.1 Å². The van der Waals surface area contributed by atoms with Crippen molar-refractivity contribution in [1.82, 2.24) is 4.98 Å². The summed E-state index contributed by atoms with van der Waals surface area (Å²) in [5, 5.41) is 1.76. The van der Waals surface area contributed by atoms with Gasteiger partial charge >= 0.3 is 0 Å². The van der Waals surface area contributed by atoms with Crippen LogP contribution in [0.4, 0.5) is 4.39 Å². The summed E-state index contributed by atoms with van der Waals surface area (Å²) in [5.74, 6) is 1.28. The number of aryl methyl sites for hydroxylation is 1. The largest absolute Gasteiger partial charge is 0.440 e. The molecule has 120 valence electrons. The van der Waals surface area contributed by atoms with Crippen molar-refractivity contribution in [3.8, 4) is 10.8 Å². The van der Waals surface area contributed by atoms with Gasteiger partial charge in [-0.2, -0.15) is 0 Å². The fraction of sp³-hybridized carbons (Fsp3) is 0.235. The lowest BCUT2D eigenvalue weighted by atomic mass is 10.2. The molecule has 3 rings (SSSR count). The smallest absolute Gasteiger partial charge is 0.236 e. The van der Waals surface area contributed by atoms with E-state index < -0.39 is 10.8 Å². The zero-order valence-corrected chi connectivity index (χ0v) is 14.4. The molecule has 6 heteroatoms. The van der Waals surface area contributed by atoms with E-state index in [9.17, 15) is 8.60 Å². The predicted molar refractivity (Wildman–Crippen MR) is 91.2 cm³/mol. The SMILES string of the molecule is Cc1oc(-c2cccs2)nc1C[S@](=O)[C@@H](C)c1ccc(F)cc1. The summed E-state index contributed by atoms with van der Waals surface area (Å²) in [5.41, 5.74) is 1.56. The maximum Gasteiger partial charge on any atom is 0.236 e. The maximum atomic E-state index is 13.0. The molecule has 0 fully saturated rings. The number of hydrogen-bond acceptors (Lipinski definition) is 4. The van der Waals surface area contributed by atoms with Crippen LogP contribution < -0.4 is 0 Å². The molecule has 0 aliphatic carbocycles. The van der Waals surface area contributed by atoms with E-state index in [1.807, 2.05) is 31.4 Å². The van der Waals surface area contributed by atoms with Crippen LogP contribution in [-0.4, -0.2) is 9.19 Å². The highest BCUT2D eigenvalue weighted by Gasteiger charge is 2.19. The van der Waals surface area contributed by atoms with Crippen LogP contribution in [0, 0.1) is 12.7 Å². The minimum Gasteiger partial charge on any atom is -0.440 e. The van der Waals surface area contributed by atoms with Gasteiger partial charge in [0, 0.05) is 10.8 Å². The normalized spacial score (nSPS) is 13.9. The zero-order chi connectivity index (χ0) is 16.4. The zero-order valence-electron chi connectivity index (χ0n) is 12.8. The molecular weight excluding hydrogens is 333 g/mol. The molecule has 23 heavy (non-hydrogen) atoms. The molecule has 0 aliphatic heterocycles. The quantitative estimate of drug-likeness (QED) is 0.660. The van der Waals surface area contributed by atoms with E-state index in [2.05, 4.69) is 4.98 Å². The molecule has 0 N–H and O–H groups in total. The molecule has 2 aromatic heterocycles. The lowest BCUT2D eigenvalue weighted by molar-refractivity contribution is 0.541. The number of aromatic nitrogens is 1. The van der Waals surface area contributed by atoms with Crippen molar-refractivity contribution in [2.45, 2.75) is 24.9 Å². The minimum absolute atomic E-state index is 0.197. The minimum atomic E-state index is -1.16. The van der Waals surface area contributed by atoms with Crippen molar-refractivity contribution < 1.29 is 13.0 Å². The third-order valence-electron chi connectivity index (χ3n) is 3.64. The Morgan fingerprint density at radius 1 is 1.30 bits per heavy atom. The molecule has 0 aliphatic rings. The van der Waals surface area contributed by atoms with Gasteiger partial charge in [-0.15, -0.1) is 11.3 Å². The van der Waals surface area contributed by atoms with E-state index in [0.717, 1.165) is 10.4 Å². The maximum absolute atomic E-state index is 13.0. The number of rotatable bonds is 5. The summed E-state index contributed by atoms with van der Waals surface area (Å²) in [4.78, 5) is 5.43. The third-order valence-corrected chi connectivity index (χ3v) is 6.11. The molecule has 0 amide bonds. The van der Waals surface area contributed by atoms with Gasteiger partial charge in [0.05, 0.1) is 21.6 Å². The van der Waals surface area contributed by atoms with E-state index >= 15 is 0 Å². The average Bonchev–Trinajstić information content (AvgIpc) is 3.18. The van der Waals surface area contributed by atoms with Crippen molar-refractivity contribution in [2.75, 3.05) is 0 Å². The van der Waals surface area contributed by atoms with Gasteiger partial charge in [0.1, 0.15) is 11.6 Å². The summed E-state index contributed by atoms with van der Waals surface area (Å²) in [6.07, 6.45) is 0. The summed E-state index contributed by atoms with van der Waals surface area (Å²) >= 11 is 1.55. The second-order valence-electron chi connectivity index (χ2n) is 5.22. The van der Waals surface area contributed by atoms with Crippen LogP contribution in [0.1, 0.15) is 29.2 Å². The van der Waals surface area contributed by atoms with Gasteiger partial charge in [-0.25, -0.2) is 9.37 Å². The first-order valence-corrected chi connectivity index (χ1v) is 9.43. The van der Waals surface area contributed by atoms with Gasteiger partial charge in [-0.05, 0) is 43.0 Å². The summed E-state index contributed by atoms with van der Waals surface area (Å²) in [6.45, 7) is 3.71. The Morgan fingerprint density at radius 2 is 2.04 bits per heavy atom. The van der Waals surface area contributed by atoms with Gasteiger partial charge < -0.3 is 4.42 Å². The van der Waals surface area contributed by atoms with Crippen LogP contribution in [0.3, 0.4) is 0 Å². The van der Waals surface area contributed by atoms with E-state index in [-0.39, 0.29) is 11.1 Å². The fourth-order valence-electron chi connectivity index (χ4n) is 2.21. The Bertz CT molecular complexity index is 810. The Hall–Kier alpha value is -1.79. The van der Waals surface area contributed by atoms with Crippen LogP contribution >= 0.6 is 11.3 Å². The number of nitrogens with zero attached hydrogens (tertiary/aromatic N) is 1. The first kappa shape index (κ1) is 16.1. The van der Waals surface area contributed by atoms with Crippen LogP contribution in [0.5, 0.6) is 0 Å². The van der Waals surface area contributed by atoms with Crippen molar-refractivity contribution in [1.29, 1.82) is 0 Å². The van der Waals surface area contributed by atoms with Gasteiger partial charge in [0.2, 0.25) is 5.89 Å². The molecular formula is C17H16FNO2S2. The third kappa shape index (κ3) is 3.59. The van der Waals surface area contributed by atoms with Crippen LogP contribution in [0.2, 0.25) is 0 Å². The fourth-order valence-corrected chi connectivity index (χ4v) is 4.11. The van der Waals surface area contributed by atoms with E-state index in [1.54, 1.807) is 23.5 Å². The molecule has 3 nitrogen and oxygen atoms in total. The molecule has 3 aromatic rings. The molecule has 0 saturated heterocycles. The highest BCUT2D eigenvalue weighted by atomic mass is 32.2. The summed E-state index contributed by atoms with van der Waals surface area (Å²) in [6, 6.07) is 10.00. The highest BCUT2D eigenvalue weighted by Crippen LogP contribution is 2.28. The van der Waals surface area contributed by atoms with E-state index in [0.29, 0.717) is 23.1 Å². The first-order chi connectivity index (χ1) is 11.0. The second kappa shape index (κ2) is 6.76. The molecule has 0 saturated carbocycles. The monoisotopic (exact) mass is 349 g/mol. The number of hydrogen-bond donors (Lipinski definition) is 0. The lowest BCUT2D eigenvalue weighted by Crippen LogP contribution is -2.06. The van der Waals surface area contributed by atoms with Crippen molar-refractivity contribution in [3.05, 3.63) is 64.6 Å². The topological polar surface area (TPSA) is 43.1 Å². The Labute approximate surface area is 140 Å². The molecule has 2 atom stereocenters. The lowest BCUT2D eigenvalue weighted by Gasteiger charge is -2.11. The number of halogens is 1.